The molecule has 0 radical (unpaired) electrons. The maximum absolute atomic E-state index is 10.4. The number of rotatable bonds is 5. The molecule has 0 spiro atoms. The van der Waals surface area contributed by atoms with Crippen LogP contribution in [0.3, 0.4) is 0 Å². The van der Waals surface area contributed by atoms with Gasteiger partial charge in [-0.15, -0.1) is 0 Å². The van der Waals surface area contributed by atoms with Crippen molar-refractivity contribution in [3.63, 3.8) is 0 Å². The highest BCUT2D eigenvalue weighted by Crippen LogP contribution is 2.30. The van der Waals surface area contributed by atoms with Crippen LogP contribution in [0.15, 0.2) is 0 Å². The van der Waals surface area contributed by atoms with E-state index in [2.05, 4.69) is 18.9 Å². The molecule has 6 heteroatoms. The molecular weight excluding hydrogens is 300 g/mol. The lowest BCUT2D eigenvalue weighted by molar-refractivity contribution is 0.174. The molecule has 0 bridgehead atoms. The molecule has 1 aromatic rings. The third-order valence-corrected chi connectivity index (χ3v) is 6.71. The highest BCUT2D eigenvalue weighted by molar-refractivity contribution is 8.06. The predicted molar refractivity (Wildman–Crippen MR) is 85.6 cm³/mol. The number of nitrogens with zero attached hydrogens (tertiary/aromatic N) is 2. The van der Waals surface area contributed by atoms with Crippen molar-refractivity contribution in [3.8, 4) is 0 Å². The second kappa shape index (κ2) is 7.25. The Labute approximate surface area is 128 Å². The van der Waals surface area contributed by atoms with Crippen LogP contribution in [0, 0.1) is 0 Å². The van der Waals surface area contributed by atoms with E-state index >= 15 is 0 Å². The zero-order valence-corrected chi connectivity index (χ0v) is 13.8. The Bertz CT molecular complexity index is 419. The SMILES string of the molecule is CCc1nn(CC)c(CC(O)C2CSCCS2)c1Cl. The van der Waals surface area contributed by atoms with E-state index in [0.717, 1.165) is 40.9 Å². The topological polar surface area (TPSA) is 38.0 Å². The first-order chi connectivity index (χ1) is 9.17. The largest absolute Gasteiger partial charge is 0.392 e. The van der Waals surface area contributed by atoms with Crippen LogP contribution in [0.2, 0.25) is 5.02 Å². The smallest absolute Gasteiger partial charge is 0.0850 e. The standard InChI is InChI=1S/C13H21ClN2OS2/c1-3-9-13(14)10(16(4-2)15-9)7-11(17)12-8-18-5-6-19-12/h11-12,17H,3-8H2,1-2H3. The number of aliphatic hydroxyl groups is 1. The number of thioether (sulfide) groups is 2. The van der Waals surface area contributed by atoms with Gasteiger partial charge in [0.25, 0.3) is 0 Å². The van der Waals surface area contributed by atoms with E-state index in [1.54, 1.807) is 0 Å². The third kappa shape index (κ3) is 3.63. The van der Waals surface area contributed by atoms with Crippen LogP contribution in [0.25, 0.3) is 0 Å². The van der Waals surface area contributed by atoms with E-state index in [-0.39, 0.29) is 6.10 Å². The molecule has 3 nitrogen and oxygen atoms in total. The quantitative estimate of drug-likeness (QED) is 0.905. The van der Waals surface area contributed by atoms with Crippen LogP contribution in [0.1, 0.15) is 25.2 Å². The van der Waals surface area contributed by atoms with Gasteiger partial charge in [-0.25, -0.2) is 0 Å². The van der Waals surface area contributed by atoms with Gasteiger partial charge < -0.3 is 5.11 Å². The number of hydrogen-bond donors (Lipinski definition) is 1. The normalized spacial score (nSPS) is 21.6. The van der Waals surface area contributed by atoms with Gasteiger partial charge >= 0.3 is 0 Å². The molecule has 2 heterocycles. The van der Waals surface area contributed by atoms with Crippen LogP contribution in [0.5, 0.6) is 0 Å². The zero-order chi connectivity index (χ0) is 13.8. The molecule has 2 rings (SSSR count). The second-order valence-corrected chi connectivity index (χ2v) is 7.51. The maximum Gasteiger partial charge on any atom is 0.0850 e. The molecule has 1 fully saturated rings. The van der Waals surface area contributed by atoms with Crippen LogP contribution in [-0.4, -0.2) is 43.5 Å². The van der Waals surface area contributed by atoms with Crippen molar-refractivity contribution in [3.05, 3.63) is 16.4 Å². The fourth-order valence-corrected chi connectivity index (χ4v) is 5.39. The Morgan fingerprint density at radius 3 is 2.84 bits per heavy atom. The molecule has 2 atom stereocenters. The summed E-state index contributed by atoms with van der Waals surface area (Å²) < 4.78 is 1.94. The average Bonchev–Trinajstić information content (AvgIpc) is 2.76. The summed E-state index contributed by atoms with van der Waals surface area (Å²) in [6.07, 6.45) is 1.11. The Morgan fingerprint density at radius 1 is 1.47 bits per heavy atom. The summed E-state index contributed by atoms with van der Waals surface area (Å²) in [5, 5.41) is 16.0. The summed E-state index contributed by atoms with van der Waals surface area (Å²) in [5.41, 5.74) is 1.93. The summed E-state index contributed by atoms with van der Waals surface area (Å²) in [5.74, 6) is 3.36. The van der Waals surface area contributed by atoms with E-state index in [1.807, 2.05) is 28.2 Å². The maximum atomic E-state index is 10.4. The van der Waals surface area contributed by atoms with E-state index in [9.17, 15) is 5.11 Å². The van der Waals surface area contributed by atoms with Gasteiger partial charge in [-0.05, 0) is 13.3 Å². The monoisotopic (exact) mass is 320 g/mol. The zero-order valence-electron chi connectivity index (χ0n) is 11.4. The minimum atomic E-state index is -0.331. The first kappa shape index (κ1) is 15.5. The van der Waals surface area contributed by atoms with Gasteiger partial charge in [-0.2, -0.15) is 28.6 Å². The molecule has 1 aromatic heterocycles. The number of hydrogen-bond acceptors (Lipinski definition) is 4. The lowest BCUT2D eigenvalue weighted by atomic mass is 10.1. The highest BCUT2D eigenvalue weighted by atomic mass is 35.5. The lowest BCUT2D eigenvalue weighted by Crippen LogP contribution is -2.31. The van der Waals surface area contributed by atoms with E-state index in [1.165, 1.54) is 5.75 Å². The van der Waals surface area contributed by atoms with Crippen molar-refractivity contribution in [2.45, 2.75) is 44.6 Å². The van der Waals surface area contributed by atoms with Crippen LogP contribution >= 0.6 is 35.1 Å². The summed E-state index contributed by atoms with van der Waals surface area (Å²) in [4.78, 5) is 0. The first-order valence-corrected chi connectivity index (χ1v) is 9.36. The highest BCUT2D eigenvalue weighted by Gasteiger charge is 2.26. The fraction of sp³-hybridized carbons (Fsp3) is 0.769. The van der Waals surface area contributed by atoms with Crippen LogP contribution in [0.4, 0.5) is 0 Å². The van der Waals surface area contributed by atoms with Crippen LogP contribution < -0.4 is 0 Å². The third-order valence-electron chi connectivity index (χ3n) is 3.37. The van der Waals surface area contributed by atoms with Gasteiger partial charge in [-0.3, -0.25) is 4.68 Å². The molecule has 19 heavy (non-hydrogen) atoms. The molecule has 1 aliphatic heterocycles. The predicted octanol–water partition coefficient (Wildman–Crippen LogP) is 2.87. The van der Waals surface area contributed by atoms with Gasteiger partial charge in [0.2, 0.25) is 0 Å². The van der Waals surface area contributed by atoms with E-state index < -0.39 is 0 Å². The number of aryl methyl sites for hydroxylation is 2. The molecule has 0 aliphatic carbocycles. The number of aliphatic hydroxyl groups excluding tert-OH is 1. The molecule has 0 saturated carbocycles. The van der Waals surface area contributed by atoms with Crippen molar-refractivity contribution in [2.24, 2.45) is 0 Å². The molecule has 1 aliphatic rings. The molecular formula is C13H21ClN2OS2. The fourth-order valence-electron chi connectivity index (χ4n) is 2.27. The Kier molecular flexibility index (Phi) is 5.93. The molecule has 108 valence electrons. The minimum absolute atomic E-state index is 0.320. The summed E-state index contributed by atoms with van der Waals surface area (Å²) >= 11 is 10.2. The Hall–Kier alpha value is 0.160. The molecule has 1 saturated heterocycles. The van der Waals surface area contributed by atoms with Crippen molar-refractivity contribution >= 4 is 35.1 Å². The lowest BCUT2D eigenvalue weighted by Gasteiger charge is -2.26. The summed E-state index contributed by atoms with van der Waals surface area (Å²) in [7, 11) is 0. The molecule has 0 amide bonds. The van der Waals surface area contributed by atoms with Gasteiger partial charge in [-0.1, -0.05) is 18.5 Å². The molecule has 1 N–H and O–H groups in total. The molecule has 2 unspecified atom stereocenters. The number of halogens is 1. The Balaban J connectivity index is 2.10. The summed E-state index contributed by atoms with van der Waals surface area (Å²) in [6, 6.07) is 0. The summed E-state index contributed by atoms with van der Waals surface area (Å²) in [6.45, 7) is 4.92. The van der Waals surface area contributed by atoms with E-state index in [4.69, 9.17) is 11.6 Å². The minimum Gasteiger partial charge on any atom is -0.392 e. The van der Waals surface area contributed by atoms with Crippen LogP contribution in [-0.2, 0) is 19.4 Å². The van der Waals surface area contributed by atoms with Crippen molar-refractivity contribution < 1.29 is 5.11 Å². The van der Waals surface area contributed by atoms with E-state index in [0.29, 0.717) is 11.7 Å². The van der Waals surface area contributed by atoms with Gasteiger partial charge in [0.05, 0.1) is 22.5 Å². The van der Waals surface area contributed by atoms with Gasteiger partial charge in [0.15, 0.2) is 0 Å². The second-order valence-electron chi connectivity index (χ2n) is 4.63. The first-order valence-electron chi connectivity index (χ1n) is 6.78. The van der Waals surface area contributed by atoms with Crippen molar-refractivity contribution in [1.29, 1.82) is 0 Å². The Morgan fingerprint density at radius 2 is 2.26 bits per heavy atom. The number of aromatic nitrogens is 2. The molecule has 0 aromatic carbocycles. The average molecular weight is 321 g/mol. The van der Waals surface area contributed by atoms with Crippen molar-refractivity contribution in [2.75, 3.05) is 17.3 Å². The van der Waals surface area contributed by atoms with Gasteiger partial charge in [0.1, 0.15) is 0 Å². The van der Waals surface area contributed by atoms with Crippen molar-refractivity contribution in [1.82, 2.24) is 9.78 Å². The van der Waals surface area contributed by atoms with Gasteiger partial charge in [0, 0.05) is 35.5 Å².